The van der Waals surface area contributed by atoms with Crippen molar-refractivity contribution in [3.63, 3.8) is 0 Å². The molecule has 1 aromatic rings. The predicted molar refractivity (Wildman–Crippen MR) is 63.8 cm³/mol. The highest BCUT2D eigenvalue weighted by Gasteiger charge is 2.44. The Bertz CT molecular complexity index is 403. The first kappa shape index (κ1) is 12.7. The highest BCUT2D eigenvalue weighted by atomic mass is 35.5. The van der Waals surface area contributed by atoms with Gasteiger partial charge in [-0.15, -0.1) is 0 Å². The summed E-state index contributed by atoms with van der Waals surface area (Å²) < 4.78 is 11.0. The average Bonchev–Trinajstić information content (AvgIpc) is 2.83. The summed E-state index contributed by atoms with van der Waals surface area (Å²) in [6, 6.07) is 3.59. The fourth-order valence-corrected chi connectivity index (χ4v) is 2.17. The van der Waals surface area contributed by atoms with Crippen LogP contribution in [0, 0.1) is 0 Å². The summed E-state index contributed by atoms with van der Waals surface area (Å²) in [6.07, 6.45) is 1.29. The zero-order chi connectivity index (χ0) is 12.6. The number of halogens is 2. The highest BCUT2D eigenvalue weighted by Crippen LogP contribution is 2.36. The number of alkyl halides is 2. The molecule has 1 aliphatic heterocycles. The number of amides is 1. The minimum Gasteiger partial charge on any atom is -0.467 e. The van der Waals surface area contributed by atoms with Crippen molar-refractivity contribution in [3.05, 3.63) is 24.2 Å². The number of hydrogen-bond acceptors (Lipinski definition) is 3. The van der Waals surface area contributed by atoms with Crippen LogP contribution in [0.25, 0.3) is 0 Å². The van der Waals surface area contributed by atoms with Crippen molar-refractivity contribution in [2.75, 3.05) is 6.54 Å². The van der Waals surface area contributed by atoms with Crippen molar-refractivity contribution in [2.24, 2.45) is 0 Å². The van der Waals surface area contributed by atoms with Gasteiger partial charge < -0.3 is 14.1 Å². The van der Waals surface area contributed by atoms with E-state index in [-0.39, 0.29) is 12.0 Å². The maximum atomic E-state index is 11.8. The molecule has 1 fully saturated rings. The lowest BCUT2D eigenvalue weighted by Crippen LogP contribution is -2.45. The van der Waals surface area contributed by atoms with Crippen molar-refractivity contribution in [1.29, 1.82) is 0 Å². The first-order chi connectivity index (χ1) is 7.92. The van der Waals surface area contributed by atoms with E-state index in [9.17, 15) is 4.79 Å². The summed E-state index contributed by atoms with van der Waals surface area (Å²) in [5, 5.41) is 0. The van der Waals surface area contributed by atoms with E-state index >= 15 is 0 Å². The Hall–Kier alpha value is -0.710. The molecule has 0 aliphatic carbocycles. The van der Waals surface area contributed by atoms with Gasteiger partial charge in [-0.05, 0) is 26.0 Å². The summed E-state index contributed by atoms with van der Waals surface area (Å²) in [4.78, 5) is 12.3. The summed E-state index contributed by atoms with van der Waals surface area (Å²) in [6.45, 7) is 3.98. The van der Waals surface area contributed by atoms with Crippen LogP contribution in [0.1, 0.15) is 25.7 Å². The SMILES string of the molecule is CC1(C)O[C@H](c2ccco2)CN1C(=O)C(Cl)Cl. The molecule has 0 unspecified atom stereocenters. The first-order valence-corrected chi connectivity index (χ1v) is 6.10. The third-order valence-electron chi connectivity index (χ3n) is 2.74. The van der Waals surface area contributed by atoms with Crippen LogP contribution in [0.15, 0.2) is 22.8 Å². The maximum Gasteiger partial charge on any atom is 0.258 e. The molecule has 0 N–H and O–H groups in total. The van der Waals surface area contributed by atoms with Gasteiger partial charge in [0.2, 0.25) is 0 Å². The number of hydrogen-bond donors (Lipinski definition) is 0. The fraction of sp³-hybridized carbons (Fsp3) is 0.545. The number of carbonyl (C=O) groups is 1. The van der Waals surface area contributed by atoms with Crippen LogP contribution in [0.4, 0.5) is 0 Å². The normalized spacial score (nSPS) is 23.4. The molecule has 4 nitrogen and oxygen atoms in total. The van der Waals surface area contributed by atoms with Crippen LogP contribution in [0.3, 0.4) is 0 Å². The van der Waals surface area contributed by atoms with Gasteiger partial charge in [-0.3, -0.25) is 4.79 Å². The second kappa shape index (κ2) is 4.52. The molecule has 0 spiro atoms. The van der Waals surface area contributed by atoms with Crippen molar-refractivity contribution in [2.45, 2.75) is 30.5 Å². The Morgan fingerprint density at radius 1 is 1.59 bits per heavy atom. The topological polar surface area (TPSA) is 42.7 Å². The molecule has 2 heterocycles. The molecule has 2 rings (SSSR count). The van der Waals surface area contributed by atoms with E-state index in [2.05, 4.69) is 0 Å². The van der Waals surface area contributed by atoms with Gasteiger partial charge in [0, 0.05) is 0 Å². The summed E-state index contributed by atoms with van der Waals surface area (Å²) in [7, 11) is 0. The largest absolute Gasteiger partial charge is 0.467 e. The zero-order valence-electron chi connectivity index (χ0n) is 9.52. The summed E-state index contributed by atoms with van der Waals surface area (Å²) in [5.41, 5.74) is -0.740. The fourth-order valence-electron chi connectivity index (χ4n) is 1.93. The summed E-state index contributed by atoms with van der Waals surface area (Å²) in [5.74, 6) is 0.335. The van der Waals surface area contributed by atoms with E-state index in [1.807, 2.05) is 6.07 Å². The number of nitrogens with zero attached hydrogens (tertiary/aromatic N) is 1. The second-order valence-electron chi connectivity index (χ2n) is 4.32. The van der Waals surface area contributed by atoms with Gasteiger partial charge >= 0.3 is 0 Å². The van der Waals surface area contributed by atoms with Gasteiger partial charge in [-0.1, -0.05) is 23.2 Å². The first-order valence-electron chi connectivity index (χ1n) is 5.22. The Balaban J connectivity index is 2.18. The van der Waals surface area contributed by atoms with Crippen LogP contribution in [-0.4, -0.2) is 27.9 Å². The maximum absolute atomic E-state index is 11.8. The molecule has 0 saturated carbocycles. The Labute approximate surface area is 109 Å². The molecule has 0 bridgehead atoms. The third kappa shape index (κ3) is 2.44. The lowest BCUT2D eigenvalue weighted by molar-refractivity contribution is -0.144. The van der Waals surface area contributed by atoms with E-state index < -0.39 is 10.6 Å². The summed E-state index contributed by atoms with van der Waals surface area (Å²) >= 11 is 11.2. The third-order valence-corrected chi connectivity index (χ3v) is 3.12. The molecular weight excluding hydrogens is 265 g/mol. The van der Waals surface area contributed by atoms with Crippen LogP contribution in [-0.2, 0) is 9.53 Å². The van der Waals surface area contributed by atoms with Crippen LogP contribution >= 0.6 is 23.2 Å². The number of carbonyl (C=O) groups excluding carboxylic acids is 1. The number of furan rings is 1. The van der Waals surface area contributed by atoms with Gasteiger partial charge in [-0.2, -0.15) is 0 Å². The van der Waals surface area contributed by atoms with Crippen molar-refractivity contribution < 1.29 is 13.9 Å². The minimum absolute atomic E-state index is 0.281. The van der Waals surface area contributed by atoms with E-state index in [1.165, 1.54) is 4.90 Å². The average molecular weight is 278 g/mol. The molecule has 0 aromatic carbocycles. The standard InChI is InChI=1S/C11H13Cl2NO3/c1-11(2)14(10(15)9(12)13)6-8(17-11)7-4-3-5-16-7/h3-5,8-9H,6H2,1-2H3/t8-/m0/s1. The molecule has 6 heteroatoms. The van der Waals surface area contributed by atoms with Gasteiger partial charge in [0.15, 0.2) is 4.84 Å². The molecule has 0 radical (unpaired) electrons. The molecule has 1 aliphatic rings. The quantitative estimate of drug-likeness (QED) is 0.781. The lowest BCUT2D eigenvalue weighted by atomic mass is 10.2. The van der Waals surface area contributed by atoms with Crippen LogP contribution in [0.5, 0.6) is 0 Å². The molecule has 17 heavy (non-hydrogen) atoms. The van der Waals surface area contributed by atoms with E-state index in [4.69, 9.17) is 32.4 Å². The molecule has 94 valence electrons. The molecule has 1 atom stereocenters. The smallest absolute Gasteiger partial charge is 0.258 e. The Morgan fingerprint density at radius 2 is 2.29 bits per heavy atom. The monoisotopic (exact) mass is 277 g/mol. The van der Waals surface area contributed by atoms with Crippen LogP contribution in [0.2, 0.25) is 0 Å². The second-order valence-corrected chi connectivity index (χ2v) is 5.41. The predicted octanol–water partition coefficient (Wildman–Crippen LogP) is 2.72. The number of rotatable bonds is 2. The Morgan fingerprint density at radius 3 is 2.82 bits per heavy atom. The Kier molecular flexibility index (Phi) is 3.39. The zero-order valence-corrected chi connectivity index (χ0v) is 11.0. The van der Waals surface area contributed by atoms with Gasteiger partial charge in [0.25, 0.3) is 5.91 Å². The molecule has 1 saturated heterocycles. The van der Waals surface area contributed by atoms with Gasteiger partial charge in [0.1, 0.15) is 17.6 Å². The van der Waals surface area contributed by atoms with Crippen molar-refractivity contribution in [3.8, 4) is 0 Å². The number of ether oxygens (including phenoxy) is 1. The van der Waals surface area contributed by atoms with Gasteiger partial charge in [0.05, 0.1) is 12.8 Å². The van der Waals surface area contributed by atoms with Crippen molar-refractivity contribution in [1.82, 2.24) is 4.90 Å². The molecule has 1 aromatic heterocycles. The van der Waals surface area contributed by atoms with Gasteiger partial charge in [-0.25, -0.2) is 0 Å². The van der Waals surface area contributed by atoms with E-state index in [0.29, 0.717) is 12.3 Å². The lowest BCUT2D eigenvalue weighted by Gasteiger charge is -2.29. The van der Waals surface area contributed by atoms with E-state index in [1.54, 1.807) is 26.2 Å². The molecular formula is C11H13Cl2NO3. The van der Waals surface area contributed by atoms with E-state index in [0.717, 1.165) is 0 Å². The van der Waals surface area contributed by atoms with Crippen LogP contribution < -0.4 is 0 Å². The highest BCUT2D eigenvalue weighted by molar-refractivity contribution is 6.53. The van der Waals surface area contributed by atoms with Crippen molar-refractivity contribution >= 4 is 29.1 Å². The molecule has 1 amide bonds. The minimum atomic E-state index is -1.08.